The zero-order valence-electron chi connectivity index (χ0n) is 9.93. The van der Waals surface area contributed by atoms with Gasteiger partial charge >= 0.3 is 5.97 Å². The van der Waals surface area contributed by atoms with E-state index < -0.39 is 35.6 Å². The van der Waals surface area contributed by atoms with Crippen LogP contribution in [0.1, 0.15) is 33.1 Å². The first kappa shape index (κ1) is 13.9. The molecule has 0 radical (unpaired) electrons. The van der Waals surface area contributed by atoms with E-state index in [-0.39, 0.29) is 6.54 Å². The molecule has 1 rings (SSSR count). The Morgan fingerprint density at radius 3 is 2.35 bits per heavy atom. The zero-order valence-corrected chi connectivity index (χ0v) is 9.93. The highest BCUT2D eigenvalue weighted by Gasteiger charge is 2.72. The molecule has 2 N–H and O–H groups in total. The molecule has 0 saturated heterocycles. The van der Waals surface area contributed by atoms with Gasteiger partial charge in [-0.3, -0.25) is 9.59 Å². The van der Waals surface area contributed by atoms with Crippen LogP contribution in [-0.4, -0.2) is 29.5 Å². The van der Waals surface area contributed by atoms with Crippen molar-refractivity contribution in [2.45, 2.75) is 39.0 Å². The van der Waals surface area contributed by atoms with Crippen molar-refractivity contribution in [1.29, 1.82) is 0 Å². The molecule has 0 heterocycles. The average Bonchev–Trinajstić information content (AvgIpc) is 2.73. The minimum Gasteiger partial charge on any atom is -0.481 e. The second kappa shape index (κ2) is 4.58. The molecule has 0 aliphatic heterocycles. The monoisotopic (exact) mass is 249 g/mol. The molecular weight excluding hydrogens is 232 g/mol. The molecule has 1 saturated carbocycles. The van der Waals surface area contributed by atoms with Gasteiger partial charge in [-0.15, -0.1) is 0 Å². The zero-order chi connectivity index (χ0) is 13.3. The number of carboxylic acids is 1. The van der Waals surface area contributed by atoms with E-state index >= 15 is 0 Å². The predicted molar refractivity (Wildman–Crippen MR) is 56.7 cm³/mol. The van der Waals surface area contributed by atoms with Crippen LogP contribution >= 0.6 is 0 Å². The number of carboxylic acid groups (broad SMARTS) is 1. The van der Waals surface area contributed by atoms with Gasteiger partial charge in [-0.05, 0) is 13.3 Å². The van der Waals surface area contributed by atoms with Crippen LogP contribution in [0.25, 0.3) is 0 Å². The summed E-state index contributed by atoms with van der Waals surface area (Å²) in [6, 6.07) is 0. The second-order valence-electron chi connectivity index (χ2n) is 4.75. The molecule has 1 amide bonds. The third-order valence-electron chi connectivity index (χ3n) is 3.25. The summed E-state index contributed by atoms with van der Waals surface area (Å²) in [4.78, 5) is 22.3. The number of aliphatic carboxylic acids is 1. The summed E-state index contributed by atoms with van der Waals surface area (Å²) in [5.74, 6) is -5.44. The van der Waals surface area contributed by atoms with Crippen molar-refractivity contribution in [3.8, 4) is 0 Å². The summed E-state index contributed by atoms with van der Waals surface area (Å²) in [7, 11) is 0. The molecule has 98 valence electrons. The number of carbonyl (C=O) groups is 2. The molecule has 0 aromatic rings. The van der Waals surface area contributed by atoms with Gasteiger partial charge in [0.2, 0.25) is 5.91 Å². The minimum atomic E-state index is -2.96. The molecule has 4 nitrogen and oxygen atoms in total. The van der Waals surface area contributed by atoms with E-state index in [0.717, 1.165) is 0 Å². The smallest absolute Gasteiger partial charge is 0.308 e. The summed E-state index contributed by atoms with van der Waals surface area (Å²) in [5.41, 5.74) is -1.65. The van der Waals surface area contributed by atoms with Gasteiger partial charge in [-0.25, -0.2) is 8.78 Å². The van der Waals surface area contributed by atoms with E-state index in [1.165, 1.54) is 6.92 Å². The van der Waals surface area contributed by atoms with E-state index in [2.05, 4.69) is 5.32 Å². The third kappa shape index (κ3) is 2.73. The Morgan fingerprint density at radius 2 is 2.00 bits per heavy atom. The normalized spacial score (nSPS) is 27.3. The Morgan fingerprint density at radius 1 is 1.47 bits per heavy atom. The number of carbonyl (C=O) groups excluding carboxylic acids is 1. The molecule has 1 aliphatic rings. The van der Waals surface area contributed by atoms with E-state index in [0.29, 0.717) is 12.8 Å². The van der Waals surface area contributed by atoms with Gasteiger partial charge < -0.3 is 10.4 Å². The minimum absolute atomic E-state index is 0.0896. The van der Waals surface area contributed by atoms with Gasteiger partial charge in [-0.1, -0.05) is 13.3 Å². The third-order valence-corrected chi connectivity index (χ3v) is 3.25. The molecule has 0 aromatic carbocycles. The van der Waals surface area contributed by atoms with Gasteiger partial charge in [0.05, 0.1) is 5.92 Å². The fraction of sp³-hybridized carbons (Fsp3) is 0.818. The second-order valence-corrected chi connectivity index (χ2v) is 4.75. The molecule has 1 fully saturated rings. The standard InChI is InChI=1S/C11H17F2NO3/c1-3-4-7(8(15)16)5-14-9(17)10(2)6-11(10,12)13/h7H,3-6H2,1-2H3,(H,14,17)(H,15,16)/t7-,10+/m1/s1. The van der Waals surface area contributed by atoms with Crippen molar-refractivity contribution in [2.24, 2.45) is 11.3 Å². The first-order chi connectivity index (χ1) is 7.74. The summed E-state index contributed by atoms with van der Waals surface area (Å²) in [5, 5.41) is 11.1. The van der Waals surface area contributed by atoms with E-state index in [1.807, 2.05) is 6.92 Å². The Hall–Kier alpha value is -1.20. The maximum Gasteiger partial charge on any atom is 0.308 e. The Bertz CT molecular complexity index is 333. The number of nitrogens with one attached hydrogen (secondary N) is 1. The van der Waals surface area contributed by atoms with E-state index in [1.54, 1.807) is 0 Å². The number of alkyl halides is 2. The highest BCUT2D eigenvalue weighted by Crippen LogP contribution is 2.60. The first-order valence-electron chi connectivity index (χ1n) is 5.63. The molecule has 0 bridgehead atoms. The fourth-order valence-electron chi connectivity index (χ4n) is 1.72. The summed E-state index contributed by atoms with van der Waals surface area (Å²) < 4.78 is 25.8. The van der Waals surface area contributed by atoms with Crippen molar-refractivity contribution in [3.63, 3.8) is 0 Å². The van der Waals surface area contributed by atoms with Crippen molar-refractivity contribution in [1.82, 2.24) is 5.32 Å². The van der Waals surface area contributed by atoms with Crippen molar-refractivity contribution < 1.29 is 23.5 Å². The SMILES string of the molecule is CCC[C@H](CNC(=O)[C@]1(C)CC1(F)F)C(=O)O. The Kier molecular flexibility index (Phi) is 3.74. The Labute approximate surface area is 98.4 Å². The molecule has 1 aliphatic carbocycles. The Balaban J connectivity index is 2.45. The van der Waals surface area contributed by atoms with Crippen LogP contribution in [0.2, 0.25) is 0 Å². The van der Waals surface area contributed by atoms with Gasteiger partial charge in [0, 0.05) is 13.0 Å². The first-order valence-corrected chi connectivity index (χ1v) is 5.63. The van der Waals surface area contributed by atoms with E-state index in [9.17, 15) is 18.4 Å². The van der Waals surface area contributed by atoms with Crippen LogP contribution in [-0.2, 0) is 9.59 Å². The van der Waals surface area contributed by atoms with Gasteiger partial charge in [0.25, 0.3) is 5.92 Å². The number of halogens is 2. The van der Waals surface area contributed by atoms with Gasteiger partial charge in [0.15, 0.2) is 0 Å². The van der Waals surface area contributed by atoms with Crippen LogP contribution in [0.5, 0.6) is 0 Å². The predicted octanol–water partition coefficient (Wildman–Crippen LogP) is 1.65. The molecule has 0 spiro atoms. The van der Waals surface area contributed by atoms with Crippen LogP contribution in [0.3, 0.4) is 0 Å². The van der Waals surface area contributed by atoms with Crippen LogP contribution in [0.4, 0.5) is 8.78 Å². The lowest BCUT2D eigenvalue weighted by molar-refractivity contribution is -0.142. The lowest BCUT2D eigenvalue weighted by Gasteiger charge is -2.15. The molecular formula is C11H17F2NO3. The molecule has 0 unspecified atom stereocenters. The fourth-order valence-corrected chi connectivity index (χ4v) is 1.72. The molecule has 0 aromatic heterocycles. The quantitative estimate of drug-likeness (QED) is 0.752. The number of hydrogen-bond acceptors (Lipinski definition) is 2. The lowest BCUT2D eigenvalue weighted by atomic mass is 10.0. The maximum atomic E-state index is 12.9. The van der Waals surface area contributed by atoms with Crippen LogP contribution < -0.4 is 5.32 Å². The average molecular weight is 249 g/mol. The highest BCUT2D eigenvalue weighted by molar-refractivity contribution is 5.87. The van der Waals surface area contributed by atoms with Gasteiger partial charge in [-0.2, -0.15) is 0 Å². The topological polar surface area (TPSA) is 66.4 Å². The number of hydrogen-bond donors (Lipinski definition) is 2. The largest absolute Gasteiger partial charge is 0.481 e. The van der Waals surface area contributed by atoms with Crippen molar-refractivity contribution in [2.75, 3.05) is 6.54 Å². The van der Waals surface area contributed by atoms with Crippen molar-refractivity contribution in [3.05, 3.63) is 0 Å². The van der Waals surface area contributed by atoms with Crippen LogP contribution in [0.15, 0.2) is 0 Å². The molecule has 17 heavy (non-hydrogen) atoms. The van der Waals surface area contributed by atoms with Gasteiger partial charge in [0.1, 0.15) is 5.41 Å². The number of rotatable bonds is 6. The molecule has 6 heteroatoms. The summed E-state index contributed by atoms with van der Waals surface area (Å²) >= 11 is 0. The number of amides is 1. The maximum absolute atomic E-state index is 12.9. The molecule has 2 atom stereocenters. The lowest BCUT2D eigenvalue weighted by Crippen LogP contribution is -2.38. The van der Waals surface area contributed by atoms with Crippen molar-refractivity contribution >= 4 is 11.9 Å². The summed E-state index contributed by atoms with van der Waals surface area (Å²) in [6.07, 6.45) is 0.625. The highest BCUT2D eigenvalue weighted by atomic mass is 19.3. The summed E-state index contributed by atoms with van der Waals surface area (Å²) in [6.45, 7) is 2.93. The van der Waals surface area contributed by atoms with Crippen LogP contribution in [0, 0.1) is 11.3 Å². The van der Waals surface area contributed by atoms with E-state index in [4.69, 9.17) is 5.11 Å².